The van der Waals surface area contributed by atoms with E-state index < -0.39 is 0 Å². The predicted octanol–water partition coefficient (Wildman–Crippen LogP) is 2.61. The molecule has 0 radical (unpaired) electrons. The Hall–Kier alpha value is -1.71. The number of benzene rings is 1. The third-order valence-electron chi connectivity index (χ3n) is 4.99. The van der Waals surface area contributed by atoms with E-state index in [2.05, 4.69) is 0 Å². The normalized spacial score (nSPS) is 29.4. The molecular formula is C15H18N2O2. The molecule has 0 amide bonds. The Kier molecular flexibility index (Phi) is 2.28. The highest BCUT2D eigenvalue weighted by Crippen LogP contribution is 2.48. The number of nitrogens with zero attached hydrogens (tertiary/aromatic N) is 1. The average Bonchev–Trinajstić information content (AvgIpc) is 3.05. The van der Waals surface area contributed by atoms with Gasteiger partial charge in [-0.05, 0) is 49.1 Å². The van der Waals surface area contributed by atoms with E-state index in [1.807, 2.05) is 12.1 Å². The third kappa shape index (κ3) is 1.70. The highest BCUT2D eigenvalue weighted by Gasteiger charge is 2.39. The molecule has 100 valence electrons. The molecule has 1 aromatic heterocycles. The summed E-state index contributed by atoms with van der Waals surface area (Å²) in [6, 6.07) is 5.45. The number of hydrogen-bond acceptors (Lipinski definition) is 3. The number of fused-ring (bicyclic) bond motifs is 3. The summed E-state index contributed by atoms with van der Waals surface area (Å²) in [6.07, 6.45) is 5.37. The molecule has 2 aromatic rings. The number of anilines is 1. The van der Waals surface area contributed by atoms with E-state index in [9.17, 15) is 4.79 Å². The summed E-state index contributed by atoms with van der Waals surface area (Å²) in [4.78, 5) is 12.0. The van der Waals surface area contributed by atoms with Crippen LogP contribution in [-0.4, -0.2) is 4.57 Å². The van der Waals surface area contributed by atoms with Gasteiger partial charge in [0.25, 0.3) is 0 Å². The molecule has 2 N–H and O–H groups in total. The van der Waals surface area contributed by atoms with Crippen molar-refractivity contribution in [1.82, 2.24) is 4.57 Å². The van der Waals surface area contributed by atoms with Crippen molar-refractivity contribution in [3.8, 4) is 0 Å². The molecule has 2 fully saturated rings. The van der Waals surface area contributed by atoms with Crippen molar-refractivity contribution < 1.29 is 4.42 Å². The van der Waals surface area contributed by atoms with Crippen LogP contribution in [0.2, 0.25) is 0 Å². The lowest BCUT2D eigenvalue weighted by Crippen LogP contribution is -2.23. The maximum Gasteiger partial charge on any atom is 0.419 e. The fraction of sp³-hybridized carbons (Fsp3) is 0.533. The minimum absolute atomic E-state index is 0.247. The summed E-state index contributed by atoms with van der Waals surface area (Å²) < 4.78 is 7.09. The summed E-state index contributed by atoms with van der Waals surface area (Å²) in [5.74, 6) is 2.12. The Balaban J connectivity index is 1.71. The van der Waals surface area contributed by atoms with Gasteiger partial charge in [0, 0.05) is 18.3 Å². The second kappa shape index (κ2) is 3.89. The second-order valence-corrected chi connectivity index (χ2v) is 6.14. The highest BCUT2D eigenvalue weighted by atomic mass is 16.4. The summed E-state index contributed by atoms with van der Waals surface area (Å²) in [5, 5.41) is 0. The standard InChI is InChI=1S/C15H18N2O2/c16-12-3-4-13-14(7-12)19-15(18)17(13)8-11-6-9-1-2-10(11)5-9/h3-4,7,9-11H,1-2,5-6,8,16H2. The van der Waals surface area contributed by atoms with Gasteiger partial charge in [-0.25, -0.2) is 4.79 Å². The molecular weight excluding hydrogens is 240 g/mol. The maximum atomic E-state index is 12.0. The van der Waals surface area contributed by atoms with Crippen LogP contribution in [0.1, 0.15) is 25.7 Å². The maximum absolute atomic E-state index is 12.0. The zero-order valence-corrected chi connectivity index (χ0v) is 10.8. The van der Waals surface area contributed by atoms with E-state index >= 15 is 0 Å². The Bertz CT molecular complexity index is 685. The van der Waals surface area contributed by atoms with Crippen molar-refractivity contribution in [2.75, 3.05) is 5.73 Å². The van der Waals surface area contributed by atoms with Gasteiger partial charge >= 0.3 is 5.76 Å². The van der Waals surface area contributed by atoms with Gasteiger partial charge in [0.05, 0.1) is 5.52 Å². The van der Waals surface area contributed by atoms with Gasteiger partial charge < -0.3 is 10.2 Å². The molecule has 0 spiro atoms. The number of nitrogen functional groups attached to an aromatic ring is 1. The molecule has 3 unspecified atom stereocenters. The molecule has 1 aromatic carbocycles. The zero-order chi connectivity index (χ0) is 13.0. The average molecular weight is 258 g/mol. The fourth-order valence-corrected chi connectivity index (χ4v) is 4.09. The first-order chi connectivity index (χ1) is 9.20. The molecule has 4 nitrogen and oxygen atoms in total. The molecule has 3 atom stereocenters. The van der Waals surface area contributed by atoms with Crippen LogP contribution in [0.15, 0.2) is 27.4 Å². The Morgan fingerprint density at radius 3 is 2.95 bits per heavy atom. The van der Waals surface area contributed by atoms with Gasteiger partial charge in [0.1, 0.15) is 0 Å². The largest absolute Gasteiger partial charge is 0.419 e. The molecule has 2 saturated carbocycles. The predicted molar refractivity (Wildman–Crippen MR) is 73.8 cm³/mol. The molecule has 0 aliphatic heterocycles. The monoisotopic (exact) mass is 258 g/mol. The molecule has 1 heterocycles. The van der Waals surface area contributed by atoms with Gasteiger partial charge in [-0.3, -0.25) is 4.57 Å². The minimum Gasteiger partial charge on any atom is -0.408 e. The van der Waals surface area contributed by atoms with Crippen molar-refractivity contribution in [3.05, 3.63) is 28.7 Å². The van der Waals surface area contributed by atoms with E-state index in [-0.39, 0.29) is 5.76 Å². The molecule has 4 heteroatoms. The van der Waals surface area contributed by atoms with Crippen molar-refractivity contribution in [3.63, 3.8) is 0 Å². The van der Waals surface area contributed by atoms with Crippen LogP contribution in [0.25, 0.3) is 11.1 Å². The Labute approximate surface area is 111 Å². The van der Waals surface area contributed by atoms with Crippen LogP contribution in [-0.2, 0) is 6.54 Å². The summed E-state index contributed by atoms with van der Waals surface area (Å²) in [5.41, 5.74) is 7.84. The van der Waals surface area contributed by atoms with E-state index in [0.29, 0.717) is 17.2 Å². The van der Waals surface area contributed by atoms with Crippen molar-refractivity contribution >= 4 is 16.8 Å². The number of oxazole rings is 1. The van der Waals surface area contributed by atoms with Crippen LogP contribution in [0, 0.1) is 17.8 Å². The van der Waals surface area contributed by atoms with Gasteiger partial charge in [0.15, 0.2) is 5.58 Å². The second-order valence-electron chi connectivity index (χ2n) is 6.14. The van der Waals surface area contributed by atoms with Gasteiger partial charge in [-0.2, -0.15) is 0 Å². The first-order valence-corrected chi connectivity index (χ1v) is 7.09. The topological polar surface area (TPSA) is 61.2 Å². The molecule has 2 aliphatic carbocycles. The number of hydrogen-bond donors (Lipinski definition) is 1. The summed E-state index contributed by atoms with van der Waals surface area (Å²) in [6.45, 7) is 0.802. The quantitative estimate of drug-likeness (QED) is 0.842. The molecule has 2 aliphatic rings. The van der Waals surface area contributed by atoms with Crippen LogP contribution >= 0.6 is 0 Å². The molecule has 4 rings (SSSR count). The van der Waals surface area contributed by atoms with E-state index in [1.165, 1.54) is 25.7 Å². The van der Waals surface area contributed by atoms with Crippen molar-refractivity contribution in [2.24, 2.45) is 17.8 Å². The lowest BCUT2D eigenvalue weighted by atomic mass is 9.89. The molecule has 0 saturated heterocycles. The van der Waals surface area contributed by atoms with E-state index in [0.717, 1.165) is 23.9 Å². The Morgan fingerprint density at radius 1 is 1.32 bits per heavy atom. The van der Waals surface area contributed by atoms with Crippen LogP contribution in [0.4, 0.5) is 5.69 Å². The van der Waals surface area contributed by atoms with Crippen LogP contribution in [0.5, 0.6) is 0 Å². The number of rotatable bonds is 2. The first-order valence-electron chi connectivity index (χ1n) is 7.09. The smallest absolute Gasteiger partial charge is 0.408 e. The number of nitrogens with two attached hydrogens (primary N) is 1. The van der Waals surface area contributed by atoms with Gasteiger partial charge in [-0.15, -0.1) is 0 Å². The van der Waals surface area contributed by atoms with E-state index in [1.54, 1.807) is 10.6 Å². The zero-order valence-electron chi connectivity index (χ0n) is 10.8. The summed E-state index contributed by atoms with van der Waals surface area (Å²) >= 11 is 0. The van der Waals surface area contributed by atoms with Crippen molar-refractivity contribution in [1.29, 1.82) is 0 Å². The minimum atomic E-state index is -0.247. The first kappa shape index (κ1) is 11.1. The van der Waals surface area contributed by atoms with Gasteiger partial charge in [0.2, 0.25) is 0 Å². The number of aromatic nitrogens is 1. The van der Waals surface area contributed by atoms with E-state index in [4.69, 9.17) is 10.2 Å². The molecule has 2 bridgehead atoms. The molecule has 19 heavy (non-hydrogen) atoms. The summed E-state index contributed by atoms with van der Waals surface area (Å²) in [7, 11) is 0. The Morgan fingerprint density at radius 2 is 2.21 bits per heavy atom. The highest BCUT2D eigenvalue weighted by molar-refractivity contribution is 5.76. The fourth-order valence-electron chi connectivity index (χ4n) is 4.09. The third-order valence-corrected chi connectivity index (χ3v) is 4.99. The SMILES string of the molecule is Nc1ccc2c(c1)oc(=O)n2CC1CC2CCC1C2. The van der Waals surface area contributed by atoms with Crippen molar-refractivity contribution in [2.45, 2.75) is 32.2 Å². The van der Waals surface area contributed by atoms with Crippen LogP contribution < -0.4 is 11.5 Å². The lowest BCUT2D eigenvalue weighted by molar-refractivity contribution is 0.290. The van der Waals surface area contributed by atoms with Crippen LogP contribution in [0.3, 0.4) is 0 Å². The lowest BCUT2D eigenvalue weighted by Gasteiger charge is -2.21. The van der Waals surface area contributed by atoms with Gasteiger partial charge in [-0.1, -0.05) is 6.42 Å².